The molecular formula is C16H16N2O6. The lowest BCUT2D eigenvalue weighted by atomic mass is 9.79. The quantitative estimate of drug-likeness (QED) is 0.511. The van der Waals surface area contributed by atoms with Crippen LogP contribution in [-0.4, -0.2) is 30.0 Å². The molecule has 8 heteroatoms. The van der Waals surface area contributed by atoms with Crippen LogP contribution in [0.15, 0.2) is 18.2 Å². The molecule has 1 heterocycles. The number of fused-ring (bicyclic) bond motifs is 1. The SMILES string of the molecule is COc1cc([N+](=O)[O-])ccc1NC(=O)[C@H]1[C@@H]2C[C@H]3[C@H]1C(=O)O[C@H]3C2. The van der Waals surface area contributed by atoms with Gasteiger partial charge >= 0.3 is 5.97 Å². The van der Waals surface area contributed by atoms with E-state index in [0.717, 1.165) is 12.8 Å². The molecule has 2 aliphatic carbocycles. The van der Waals surface area contributed by atoms with E-state index in [0.29, 0.717) is 5.69 Å². The van der Waals surface area contributed by atoms with E-state index in [2.05, 4.69) is 5.32 Å². The number of carbonyl (C=O) groups excluding carboxylic acids is 2. The first-order valence-electron chi connectivity index (χ1n) is 7.83. The third-order valence-electron chi connectivity index (χ3n) is 5.44. The van der Waals surface area contributed by atoms with Crippen molar-refractivity contribution in [2.45, 2.75) is 18.9 Å². The molecule has 0 radical (unpaired) electrons. The number of anilines is 1. The van der Waals surface area contributed by atoms with E-state index >= 15 is 0 Å². The Kier molecular flexibility index (Phi) is 3.22. The maximum atomic E-state index is 12.7. The molecule has 5 atom stereocenters. The van der Waals surface area contributed by atoms with Crippen LogP contribution in [0.5, 0.6) is 5.75 Å². The smallest absolute Gasteiger partial charge is 0.310 e. The average molecular weight is 332 g/mol. The van der Waals surface area contributed by atoms with Crippen molar-refractivity contribution in [3.05, 3.63) is 28.3 Å². The normalized spacial score (nSPS) is 32.5. The summed E-state index contributed by atoms with van der Waals surface area (Å²) >= 11 is 0. The first-order chi connectivity index (χ1) is 11.5. The van der Waals surface area contributed by atoms with Crippen molar-refractivity contribution in [1.29, 1.82) is 0 Å². The number of amides is 1. The summed E-state index contributed by atoms with van der Waals surface area (Å²) in [5.41, 5.74) is 0.241. The Morgan fingerprint density at radius 1 is 1.42 bits per heavy atom. The lowest BCUT2D eigenvalue weighted by Gasteiger charge is -2.23. The predicted octanol–water partition coefficient (Wildman–Crippen LogP) is 1.74. The van der Waals surface area contributed by atoms with Crippen molar-refractivity contribution in [1.82, 2.24) is 0 Å². The van der Waals surface area contributed by atoms with Gasteiger partial charge in [-0.05, 0) is 24.8 Å². The highest BCUT2D eigenvalue weighted by Crippen LogP contribution is 2.57. The first-order valence-corrected chi connectivity index (χ1v) is 7.83. The van der Waals surface area contributed by atoms with Crippen molar-refractivity contribution in [3.8, 4) is 5.75 Å². The number of hydrogen-bond donors (Lipinski definition) is 1. The largest absolute Gasteiger partial charge is 0.494 e. The van der Waals surface area contributed by atoms with Gasteiger partial charge in [-0.3, -0.25) is 19.7 Å². The Labute approximate surface area is 137 Å². The number of carbonyl (C=O) groups is 2. The monoisotopic (exact) mass is 332 g/mol. The standard InChI is InChI=1S/C16H16N2O6/c1-23-12-6-8(18(21)22)2-3-10(12)17-15(19)13-7-4-9-11(5-7)24-16(20)14(9)13/h2-3,6-7,9,11,13-14H,4-5H2,1H3,(H,17,19)/t7-,9-,11+,13+,14-/m1/s1. The molecule has 2 bridgehead atoms. The minimum Gasteiger partial charge on any atom is -0.494 e. The van der Waals surface area contributed by atoms with E-state index in [9.17, 15) is 19.7 Å². The topological polar surface area (TPSA) is 108 Å². The van der Waals surface area contributed by atoms with E-state index in [4.69, 9.17) is 9.47 Å². The summed E-state index contributed by atoms with van der Waals surface area (Å²) in [5, 5.41) is 13.6. The number of benzene rings is 1. The zero-order valence-corrected chi connectivity index (χ0v) is 12.9. The molecule has 0 unspecified atom stereocenters. The van der Waals surface area contributed by atoms with Crippen LogP contribution in [0, 0.1) is 33.8 Å². The maximum Gasteiger partial charge on any atom is 0.310 e. The highest BCUT2D eigenvalue weighted by atomic mass is 16.6. The molecule has 1 saturated heterocycles. The number of hydrogen-bond acceptors (Lipinski definition) is 6. The number of nitrogens with one attached hydrogen (secondary N) is 1. The van der Waals surface area contributed by atoms with E-state index in [-0.39, 0.29) is 47.2 Å². The summed E-state index contributed by atoms with van der Waals surface area (Å²) < 4.78 is 10.5. The molecule has 8 nitrogen and oxygen atoms in total. The Morgan fingerprint density at radius 3 is 2.92 bits per heavy atom. The molecule has 1 N–H and O–H groups in total. The molecule has 4 rings (SSSR count). The number of nitro benzene ring substituents is 1. The molecule has 1 aliphatic heterocycles. The second-order valence-corrected chi connectivity index (χ2v) is 6.55. The van der Waals surface area contributed by atoms with E-state index < -0.39 is 10.8 Å². The van der Waals surface area contributed by atoms with Gasteiger partial charge in [0.05, 0.1) is 35.6 Å². The van der Waals surface area contributed by atoms with Crippen molar-refractivity contribution < 1.29 is 24.0 Å². The van der Waals surface area contributed by atoms with Gasteiger partial charge in [-0.25, -0.2) is 0 Å². The Bertz CT molecular complexity index is 746. The molecule has 3 aliphatic rings. The van der Waals surface area contributed by atoms with Crippen LogP contribution < -0.4 is 10.1 Å². The van der Waals surface area contributed by atoms with E-state index in [1.807, 2.05) is 0 Å². The maximum absolute atomic E-state index is 12.7. The summed E-state index contributed by atoms with van der Waals surface area (Å²) in [4.78, 5) is 35.0. The lowest BCUT2D eigenvalue weighted by molar-refractivity contribution is -0.384. The Morgan fingerprint density at radius 2 is 2.21 bits per heavy atom. The minimum absolute atomic E-state index is 0.0227. The average Bonchev–Trinajstić information content (AvgIpc) is 3.16. The van der Waals surface area contributed by atoms with Gasteiger partial charge in [-0.1, -0.05) is 0 Å². The van der Waals surface area contributed by atoms with Gasteiger partial charge in [0.2, 0.25) is 5.91 Å². The molecule has 0 spiro atoms. The van der Waals surface area contributed by atoms with Crippen LogP contribution in [-0.2, 0) is 14.3 Å². The second kappa shape index (κ2) is 5.19. The summed E-state index contributed by atoms with van der Waals surface area (Å²) in [5.74, 6) is -0.776. The molecule has 2 saturated carbocycles. The zero-order chi connectivity index (χ0) is 17.0. The Hall–Kier alpha value is -2.64. The predicted molar refractivity (Wildman–Crippen MR) is 81.4 cm³/mol. The summed E-state index contributed by atoms with van der Waals surface area (Å²) in [6.07, 6.45) is 1.56. The zero-order valence-electron chi connectivity index (χ0n) is 12.9. The fourth-order valence-corrected chi connectivity index (χ4v) is 4.48. The Balaban J connectivity index is 1.57. The van der Waals surface area contributed by atoms with Crippen molar-refractivity contribution in [3.63, 3.8) is 0 Å². The van der Waals surface area contributed by atoms with Crippen LogP contribution >= 0.6 is 0 Å². The summed E-state index contributed by atoms with van der Waals surface area (Å²) in [7, 11) is 1.38. The number of non-ortho nitro benzene ring substituents is 1. The summed E-state index contributed by atoms with van der Waals surface area (Å²) in [6, 6.07) is 4.01. The van der Waals surface area contributed by atoms with Crippen LogP contribution in [0.3, 0.4) is 0 Å². The molecule has 1 aromatic carbocycles. The van der Waals surface area contributed by atoms with Crippen molar-refractivity contribution in [2.24, 2.45) is 23.7 Å². The second-order valence-electron chi connectivity index (χ2n) is 6.55. The van der Waals surface area contributed by atoms with Gasteiger partial charge < -0.3 is 14.8 Å². The van der Waals surface area contributed by atoms with Gasteiger partial charge in [0.15, 0.2) is 0 Å². The van der Waals surface area contributed by atoms with Crippen LogP contribution in [0.25, 0.3) is 0 Å². The highest BCUT2D eigenvalue weighted by Gasteiger charge is 2.63. The minimum atomic E-state index is -0.529. The number of rotatable bonds is 4. The number of nitro groups is 1. The fraction of sp³-hybridized carbons (Fsp3) is 0.500. The third-order valence-corrected chi connectivity index (χ3v) is 5.44. The van der Waals surface area contributed by atoms with E-state index in [1.165, 1.54) is 25.3 Å². The molecule has 1 aromatic rings. The van der Waals surface area contributed by atoms with Crippen LogP contribution in [0.4, 0.5) is 11.4 Å². The van der Waals surface area contributed by atoms with Gasteiger partial charge in [-0.15, -0.1) is 0 Å². The van der Waals surface area contributed by atoms with Crippen molar-refractivity contribution >= 4 is 23.3 Å². The molecule has 1 amide bonds. The number of esters is 1. The van der Waals surface area contributed by atoms with Gasteiger partial charge in [0, 0.05) is 12.0 Å². The number of ether oxygens (including phenoxy) is 2. The molecule has 3 fully saturated rings. The number of nitrogens with zero attached hydrogens (tertiary/aromatic N) is 1. The van der Waals surface area contributed by atoms with Crippen LogP contribution in [0.2, 0.25) is 0 Å². The third kappa shape index (κ3) is 2.05. The lowest BCUT2D eigenvalue weighted by Crippen LogP contribution is -2.35. The molecular weight excluding hydrogens is 316 g/mol. The van der Waals surface area contributed by atoms with Crippen molar-refractivity contribution in [2.75, 3.05) is 12.4 Å². The molecule has 24 heavy (non-hydrogen) atoms. The fourth-order valence-electron chi connectivity index (χ4n) is 4.48. The molecule has 126 valence electrons. The first kappa shape index (κ1) is 14.9. The van der Waals surface area contributed by atoms with Gasteiger partial charge in [0.25, 0.3) is 5.69 Å². The van der Waals surface area contributed by atoms with Gasteiger partial charge in [0.1, 0.15) is 11.9 Å². The summed E-state index contributed by atoms with van der Waals surface area (Å²) in [6.45, 7) is 0. The molecule has 0 aromatic heterocycles. The van der Waals surface area contributed by atoms with Gasteiger partial charge in [-0.2, -0.15) is 0 Å². The highest BCUT2D eigenvalue weighted by molar-refractivity contribution is 5.98. The van der Waals surface area contributed by atoms with E-state index in [1.54, 1.807) is 0 Å². The van der Waals surface area contributed by atoms with Crippen LogP contribution in [0.1, 0.15) is 12.8 Å². The number of methoxy groups -OCH3 is 1.